The Morgan fingerprint density at radius 3 is 2.62 bits per heavy atom. The molecular weight excluding hydrogens is 102 g/mol. The molecule has 0 fully saturated rings. The van der Waals surface area contributed by atoms with Gasteiger partial charge in [-0.15, -0.1) is 0 Å². The average Bonchev–Trinajstić information content (AvgIpc) is 1.83. The van der Waals surface area contributed by atoms with Crippen LogP contribution in [-0.2, 0) is 0 Å². The van der Waals surface area contributed by atoms with E-state index in [0.717, 1.165) is 0 Å². The average molecular weight is 111 g/mol. The van der Waals surface area contributed by atoms with Crippen molar-refractivity contribution in [3.05, 3.63) is 0 Å². The quantitative estimate of drug-likeness (QED) is 0.404. The maximum absolute atomic E-state index is 6.67. The second-order valence-electron chi connectivity index (χ2n) is 1.29. The number of hydrogen-bond acceptors (Lipinski definition) is 2. The van der Waals surface area contributed by atoms with Crippen LogP contribution in [0.25, 0.3) is 0 Å². The van der Waals surface area contributed by atoms with E-state index < -0.39 is 0 Å². The highest BCUT2D eigenvalue weighted by Gasteiger charge is 1.74. The van der Waals surface area contributed by atoms with Crippen LogP contribution in [0.3, 0.4) is 0 Å². The minimum Gasteiger partial charge on any atom is -0.307 e. The highest BCUT2D eigenvalue weighted by atomic mass is 14.8. The van der Waals surface area contributed by atoms with Gasteiger partial charge in [-0.05, 0) is 6.92 Å². The summed E-state index contributed by atoms with van der Waals surface area (Å²) in [5, 5.41) is 6.67. The van der Waals surface area contributed by atoms with Gasteiger partial charge in [0.05, 0.1) is 5.71 Å². The van der Waals surface area contributed by atoms with Crippen molar-refractivity contribution in [3.63, 3.8) is 0 Å². The van der Waals surface area contributed by atoms with Gasteiger partial charge in [-0.1, -0.05) is 0 Å². The molecule has 0 aromatic rings. The van der Waals surface area contributed by atoms with E-state index in [9.17, 15) is 0 Å². The van der Waals surface area contributed by atoms with Crippen LogP contribution >= 0.6 is 0 Å². The molecule has 0 amide bonds. The fraction of sp³-hybridized carbons (Fsp3) is 0.400. The normalized spacial score (nSPS) is 12.5. The Morgan fingerprint density at radius 2 is 2.25 bits per heavy atom. The van der Waals surface area contributed by atoms with Gasteiger partial charge >= 0.3 is 0 Å². The summed E-state index contributed by atoms with van der Waals surface area (Å²) in [7, 11) is 1.64. The summed E-state index contributed by atoms with van der Waals surface area (Å²) in [6.45, 7) is 1.74. The van der Waals surface area contributed by atoms with Gasteiger partial charge in [0.15, 0.2) is 0 Å². The summed E-state index contributed by atoms with van der Waals surface area (Å²) >= 11 is 0. The number of hydrogen-bond donors (Lipinski definition) is 1. The molecule has 1 N–H and O–H groups in total. The van der Waals surface area contributed by atoms with Crippen molar-refractivity contribution in [2.24, 2.45) is 9.98 Å². The van der Waals surface area contributed by atoms with E-state index in [0.29, 0.717) is 5.71 Å². The van der Waals surface area contributed by atoms with E-state index in [1.807, 2.05) is 0 Å². The predicted octanol–water partition coefficient (Wildman–Crippen LogP) is 0.755. The zero-order chi connectivity index (χ0) is 6.41. The highest BCUT2D eigenvalue weighted by Crippen LogP contribution is 1.66. The van der Waals surface area contributed by atoms with Crippen LogP contribution in [0.5, 0.6) is 0 Å². The molecule has 0 bridgehead atoms. The fourth-order valence-electron chi connectivity index (χ4n) is 0.186. The van der Waals surface area contributed by atoms with E-state index in [2.05, 4.69) is 9.98 Å². The molecule has 0 rings (SSSR count). The Labute approximate surface area is 48.7 Å². The van der Waals surface area contributed by atoms with Gasteiger partial charge in [0.25, 0.3) is 0 Å². The zero-order valence-electron chi connectivity index (χ0n) is 5.05. The summed E-state index contributed by atoms with van der Waals surface area (Å²) in [6, 6.07) is 0. The summed E-state index contributed by atoms with van der Waals surface area (Å²) < 4.78 is 0. The molecule has 3 heteroatoms. The van der Waals surface area contributed by atoms with Crippen LogP contribution in [0.15, 0.2) is 9.98 Å². The molecule has 0 saturated heterocycles. The molecule has 0 atom stereocenters. The van der Waals surface area contributed by atoms with Gasteiger partial charge in [-0.2, -0.15) is 0 Å². The van der Waals surface area contributed by atoms with Crippen LogP contribution in [0.2, 0.25) is 0 Å². The van der Waals surface area contributed by atoms with Crippen molar-refractivity contribution >= 4 is 18.3 Å². The smallest absolute Gasteiger partial charge is 0.109 e. The lowest BCUT2D eigenvalue weighted by molar-refractivity contribution is 1.44. The summed E-state index contributed by atoms with van der Waals surface area (Å²) in [4.78, 5) is 7.35. The molecule has 8 heavy (non-hydrogen) atoms. The molecule has 0 spiro atoms. The molecule has 0 aromatic heterocycles. The van der Waals surface area contributed by atoms with Gasteiger partial charge in [0.2, 0.25) is 0 Å². The SMILES string of the molecule is CN=CN=C(C)C=N. The minimum absolute atomic E-state index is 0.663. The molecule has 44 valence electrons. The van der Waals surface area contributed by atoms with Gasteiger partial charge in [0, 0.05) is 13.3 Å². The first-order valence-electron chi connectivity index (χ1n) is 2.26. The molecular formula is C5H9N3. The first kappa shape index (κ1) is 7.01. The largest absolute Gasteiger partial charge is 0.307 e. The lowest BCUT2D eigenvalue weighted by atomic mass is 10.5. The fourth-order valence-corrected chi connectivity index (χ4v) is 0.186. The molecule has 0 aliphatic carbocycles. The van der Waals surface area contributed by atoms with E-state index in [1.54, 1.807) is 14.0 Å². The summed E-state index contributed by atoms with van der Waals surface area (Å²) in [6.07, 6.45) is 2.60. The lowest BCUT2D eigenvalue weighted by Crippen LogP contribution is -1.89. The van der Waals surface area contributed by atoms with E-state index in [4.69, 9.17) is 5.41 Å². The Morgan fingerprint density at radius 1 is 1.62 bits per heavy atom. The standard InChI is InChI=1S/C5H9N3/c1-5(3-6)8-4-7-2/h3-4,6H,1-2H3. The summed E-state index contributed by atoms with van der Waals surface area (Å²) in [5.41, 5.74) is 0.663. The van der Waals surface area contributed by atoms with Crippen LogP contribution in [0.1, 0.15) is 6.92 Å². The highest BCUT2D eigenvalue weighted by molar-refractivity contribution is 6.29. The van der Waals surface area contributed by atoms with Crippen molar-refractivity contribution in [2.45, 2.75) is 6.92 Å². The van der Waals surface area contributed by atoms with E-state index >= 15 is 0 Å². The van der Waals surface area contributed by atoms with Crippen LogP contribution in [0.4, 0.5) is 0 Å². The summed E-state index contributed by atoms with van der Waals surface area (Å²) in [5.74, 6) is 0. The van der Waals surface area contributed by atoms with Crippen molar-refractivity contribution in [1.29, 1.82) is 5.41 Å². The molecule has 0 aliphatic heterocycles. The number of aliphatic imine (C=N–C) groups is 2. The Bertz CT molecular complexity index is 124. The molecule has 0 radical (unpaired) electrons. The maximum atomic E-state index is 6.67. The van der Waals surface area contributed by atoms with Gasteiger partial charge in [0.1, 0.15) is 6.34 Å². The Kier molecular flexibility index (Phi) is 3.66. The second kappa shape index (κ2) is 4.18. The first-order valence-corrected chi connectivity index (χ1v) is 2.26. The molecule has 0 saturated carbocycles. The number of rotatable bonds is 2. The molecule has 0 aromatic carbocycles. The van der Waals surface area contributed by atoms with E-state index in [-0.39, 0.29) is 0 Å². The van der Waals surface area contributed by atoms with Gasteiger partial charge < -0.3 is 5.41 Å². The number of nitrogens with zero attached hydrogens (tertiary/aromatic N) is 2. The minimum atomic E-state index is 0.663. The molecule has 0 heterocycles. The molecule has 0 unspecified atom stereocenters. The van der Waals surface area contributed by atoms with Crippen LogP contribution in [-0.4, -0.2) is 25.3 Å². The van der Waals surface area contributed by atoms with E-state index in [1.165, 1.54) is 12.6 Å². The zero-order valence-corrected chi connectivity index (χ0v) is 5.05. The predicted molar refractivity (Wildman–Crippen MR) is 36.3 cm³/mol. The van der Waals surface area contributed by atoms with Crippen LogP contribution < -0.4 is 0 Å². The Hall–Kier alpha value is -0.990. The Balaban J connectivity index is 3.74. The van der Waals surface area contributed by atoms with Crippen molar-refractivity contribution < 1.29 is 0 Å². The first-order chi connectivity index (χ1) is 3.81. The van der Waals surface area contributed by atoms with Crippen LogP contribution in [0, 0.1) is 5.41 Å². The van der Waals surface area contributed by atoms with Crippen molar-refractivity contribution in [3.8, 4) is 0 Å². The third-order valence-electron chi connectivity index (χ3n) is 0.586. The third kappa shape index (κ3) is 3.21. The monoisotopic (exact) mass is 111 g/mol. The van der Waals surface area contributed by atoms with Gasteiger partial charge in [-0.25, -0.2) is 4.99 Å². The number of nitrogens with one attached hydrogen (secondary N) is 1. The maximum Gasteiger partial charge on any atom is 0.109 e. The third-order valence-corrected chi connectivity index (χ3v) is 0.586. The van der Waals surface area contributed by atoms with Crippen molar-refractivity contribution in [1.82, 2.24) is 0 Å². The second-order valence-corrected chi connectivity index (χ2v) is 1.29. The van der Waals surface area contributed by atoms with Crippen molar-refractivity contribution in [2.75, 3.05) is 7.05 Å². The lowest BCUT2D eigenvalue weighted by Gasteiger charge is -1.79. The van der Waals surface area contributed by atoms with Gasteiger partial charge in [-0.3, -0.25) is 4.99 Å². The topological polar surface area (TPSA) is 48.6 Å². The molecule has 0 aliphatic rings. The molecule has 3 nitrogen and oxygen atoms in total.